The van der Waals surface area contributed by atoms with Gasteiger partial charge in [0.1, 0.15) is 13.2 Å². The van der Waals surface area contributed by atoms with Crippen molar-refractivity contribution in [2.24, 2.45) is 11.8 Å². The fourth-order valence-electron chi connectivity index (χ4n) is 7.99. The molecule has 59 heavy (non-hydrogen) atoms. The SMILES string of the molecule is CCCCCCCC(=O)OC[C@@H](COC(=O)CCCCCCCCCCCCCCCCC(C)C)OC(=O)CCCCCCCCCCCCCCCCCCC(C)C. The minimum Gasteiger partial charge on any atom is -0.462 e. The Morgan fingerprint density at radius 1 is 0.322 bits per heavy atom. The van der Waals surface area contributed by atoms with Crippen molar-refractivity contribution >= 4 is 17.9 Å². The summed E-state index contributed by atoms with van der Waals surface area (Å²) in [5, 5.41) is 0. The molecule has 1 atom stereocenters. The molecule has 0 radical (unpaired) electrons. The summed E-state index contributed by atoms with van der Waals surface area (Å²) in [6, 6.07) is 0. The minimum absolute atomic E-state index is 0.0644. The Labute approximate surface area is 368 Å². The molecule has 0 aliphatic carbocycles. The molecule has 0 rings (SSSR count). The summed E-state index contributed by atoms with van der Waals surface area (Å²) in [4.78, 5) is 37.7. The molecule has 0 fully saturated rings. The second-order valence-electron chi connectivity index (χ2n) is 19.1. The Morgan fingerprint density at radius 3 is 0.831 bits per heavy atom. The largest absolute Gasteiger partial charge is 0.462 e. The van der Waals surface area contributed by atoms with Crippen LogP contribution in [0.2, 0.25) is 0 Å². The predicted molar refractivity (Wildman–Crippen MR) is 252 cm³/mol. The van der Waals surface area contributed by atoms with E-state index in [2.05, 4.69) is 34.6 Å². The molecule has 0 heterocycles. The summed E-state index contributed by atoms with van der Waals surface area (Å²) in [6.45, 7) is 11.3. The summed E-state index contributed by atoms with van der Waals surface area (Å²) < 4.78 is 16.7. The molecule has 0 aromatic rings. The maximum atomic E-state index is 12.7. The first-order chi connectivity index (χ1) is 28.7. The van der Waals surface area contributed by atoms with Crippen LogP contribution in [-0.4, -0.2) is 37.2 Å². The Hall–Kier alpha value is -1.59. The highest BCUT2D eigenvalue weighted by molar-refractivity contribution is 5.71. The van der Waals surface area contributed by atoms with E-state index in [4.69, 9.17) is 14.2 Å². The van der Waals surface area contributed by atoms with E-state index < -0.39 is 6.10 Å². The lowest BCUT2D eigenvalue weighted by atomic mass is 10.0. The molecule has 0 N–H and O–H groups in total. The van der Waals surface area contributed by atoms with Crippen LogP contribution < -0.4 is 0 Å². The molecular weight excluding hydrogens is 733 g/mol. The van der Waals surface area contributed by atoms with Crippen molar-refractivity contribution in [1.82, 2.24) is 0 Å². The Morgan fingerprint density at radius 2 is 0.559 bits per heavy atom. The van der Waals surface area contributed by atoms with Gasteiger partial charge in [-0.3, -0.25) is 14.4 Å². The monoisotopic (exact) mass is 835 g/mol. The van der Waals surface area contributed by atoms with E-state index in [0.29, 0.717) is 19.3 Å². The molecule has 6 heteroatoms. The molecule has 0 bridgehead atoms. The highest BCUT2D eigenvalue weighted by Crippen LogP contribution is 2.18. The summed E-state index contributed by atoms with van der Waals surface area (Å²) in [6.07, 6.45) is 47.0. The third-order valence-electron chi connectivity index (χ3n) is 12.0. The quantitative estimate of drug-likeness (QED) is 0.0345. The molecule has 0 aliphatic heterocycles. The smallest absolute Gasteiger partial charge is 0.306 e. The zero-order valence-electron chi connectivity index (χ0n) is 40.4. The van der Waals surface area contributed by atoms with Gasteiger partial charge in [-0.25, -0.2) is 0 Å². The zero-order valence-corrected chi connectivity index (χ0v) is 40.4. The van der Waals surface area contributed by atoms with E-state index in [1.807, 2.05) is 0 Å². The van der Waals surface area contributed by atoms with Crippen molar-refractivity contribution in [2.45, 2.75) is 298 Å². The number of hydrogen-bond acceptors (Lipinski definition) is 6. The van der Waals surface area contributed by atoms with Crippen molar-refractivity contribution in [3.8, 4) is 0 Å². The summed E-state index contributed by atoms with van der Waals surface area (Å²) in [5.74, 6) is 0.836. The van der Waals surface area contributed by atoms with Crippen molar-refractivity contribution in [3.05, 3.63) is 0 Å². The van der Waals surface area contributed by atoms with Crippen LogP contribution in [0.5, 0.6) is 0 Å². The van der Waals surface area contributed by atoms with Crippen LogP contribution in [0.4, 0.5) is 0 Å². The van der Waals surface area contributed by atoms with Gasteiger partial charge in [-0.05, 0) is 31.1 Å². The minimum atomic E-state index is -0.759. The second-order valence-corrected chi connectivity index (χ2v) is 19.1. The van der Waals surface area contributed by atoms with E-state index in [0.717, 1.165) is 76.0 Å². The van der Waals surface area contributed by atoms with Gasteiger partial charge in [-0.2, -0.15) is 0 Å². The maximum absolute atomic E-state index is 12.7. The van der Waals surface area contributed by atoms with E-state index >= 15 is 0 Å². The van der Waals surface area contributed by atoms with E-state index in [-0.39, 0.29) is 31.1 Å². The van der Waals surface area contributed by atoms with E-state index in [1.165, 1.54) is 173 Å². The molecule has 0 spiro atoms. The third-order valence-corrected chi connectivity index (χ3v) is 12.0. The molecule has 0 saturated carbocycles. The number of carbonyl (C=O) groups excluding carboxylic acids is 3. The lowest BCUT2D eigenvalue weighted by molar-refractivity contribution is -0.167. The first kappa shape index (κ1) is 57.4. The van der Waals surface area contributed by atoms with Gasteiger partial charge in [0, 0.05) is 19.3 Å². The van der Waals surface area contributed by atoms with Crippen LogP contribution in [0.25, 0.3) is 0 Å². The number of ether oxygens (including phenoxy) is 3. The molecule has 0 unspecified atom stereocenters. The molecular formula is C53H102O6. The van der Waals surface area contributed by atoms with Crippen molar-refractivity contribution in [3.63, 3.8) is 0 Å². The van der Waals surface area contributed by atoms with E-state index in [9.17, 15) is 14.4 Å². The highest BCUT2D eigenvalue weighted by atomic mass is 16.6. The van der Waals surface area contributed by atoms with Crippen LogP contribution in [-0.2, 0) is 28.6 Å². The Balaban J connectivity index is 4.09. The average Bonchev–Trinajstić information content (AvgIpc) is 3.20. The first-order valence-corrected chi connectivity index (χ1v) is 26.2. The number of carbonyl (C=O) groups is 3. The average molecular weight is 835 g/mol. The van der Waals surface area contributed by atoms with Crippen LogP contribution in [0.3, 0.4) is 0 Å². The molecule has 0 aromatic carbocycles. The topological polar surface area (TPSA) is 78.9 Å². The van der Waals surface area contributed by atoms with Gasteiger partial charge >= 0.3 is 17.9 Å². The van der Waals surface area contributed by atoms with Gasteiger partial charge in [0.15, 0.2) is 6.10 Å². The van der Waals surface area contributed by atoms with Gasteiger partial charge in [-0.1, -0.05) is 253 Å². The Kier molecular flexibility index (Phi) is 44.7. The molecule has 0 amide bonds. The van der Waals surface area contributed by atoms with Gasteiger partial charge in [0.2, 0.25) is 0 Å². The fraction of sp³-hybridized carbons (Fsp3) is 0.943. The molecule has 0 saturated heterocycles. The van der Waals surface area contributed by atoms with Crippen molar-refractivity contribution in [1.29, 1.82) is 0 Å². The predicted octanol–water partition coefficient (Wildman–Crippen LogP) is 16.9. The lowest BCUT2D eigenvalue weighted by Crippen LogP contribution is -2.30. The van der Waals surface area contributed by atoms with Gasteiger partial charge in [-0.15, -0.1) is 0 Å². The molecule has 0 aliphatic rings. The number of unbranched alkanes of at least 4 members (excludes halogenated alkanes) is 32. The van der Waals surface area contributed by atoms with E-state index in [1.54, 1.807) is 0 Å². The lowest BCUT2D eigenvalue weighted by Gasteiger charge is -2.18. The van der Waals surface area contributed by atoms with Gasteiger partial charge in [0.25, 0.3) is 0 Å². The highest BCUT2D eigenvalue weighted by Gasteiger charge is 2.19. The molecule has 6 nitrogen and oxygen atoms in total. The Bertz CT molecular complexity index is 900. The van der Waals surface area contributed by atoms with Crippen molar-refractivity contribution in [2.75, 3.05) is 13.2 Å². The molecule has 0 aromatic heterocycles. The van der Waals surface area contributed by atoms with Gasteiger partial charge < -0.3 is 14.2 Å². The normalized spacial score (nSPS) is 12.1. The van der Waals surface area contributed by atoms with Crippen molar-refractivity contribution < 1.29 is 28.6 Å². The van der Waals surface area contributed by atoms with Gasteiger partial charge in [0.05, 0.1) is 0 Å². The third kappa shape index (κ3) is 47.3. The standard InChI is InChI=1S/C53H102O6/c1-6-7-8-31-38-43-51(54)57-46-50(47-58-52(55)44-39-34-29-25-21-17-14-13-16-20-24-28-33-37-42-49(4)5)59-53(56)45-40-35-30-26-22-18-12-10-9-11-15-19-23-27-32-36-41-48(2)3/h48-50H,6-47H2,1-5H3/t50-/m0/s1. The molecule has 350 valence electrons. The number of rotatable bonds is 47. The van der Waals surface area contributed by atoms with Crippen LogP contribution in [0.15, 0.2) is 0 Å². The summed E-state index contributed by atoms with van der Waals surface area (Å²) in [7, 11) is 0. The van der Waals surface area contributed by atoms with Crippen LogP contribution >= 0.6 is 0 Å². The fourth-order valence-corrected chi connectivity index (χ4v) is 7.99. The summed E-state index contributed by atoms with van der Waals surface area (Å²) >= 11 is 0. The summed E-state index contributed by atoms with van der Waals surface area (Å²) in [5.41, 5.74) is 0. The zero-order chi connectivity index (χ0) is 43.3. The maximum Gasteiger partial charge on any atom is 0.306 e. The first-order valence-electron chi connectivity index (χ1n) is 26.2. The van der Waals surface area contributed by atoms with Crippen LogP contribution in [0, 0.1) is 11.8 Å². The number of esters is 3. The number of hydrogen-bond donors (Lipinski definition) is 0. The second kappa shape index (κ2) is 45.9. The van der Waals surface area contributed by atoms with Crippen LogP contribution in [0.1, 0.15) is 291 Å².